The van der Waals surface area contributed by atoms with Gasteiger partial charge in [0.05, 0.1) is 21.7 Å². The molecule has 0 saturated heterocycles. The molecule has 10 heteroatoms. The number of nitrogens with one attached hydrogen (secondary N) is 4. The van der Waals surface area contributed by atoms with Crippen molar-refractivity contribution in [1.82, 2.24) is 25.7 Å². The molecule has 30 heavy (non-hydrogen) atoms. The number of aryl methyl sites for hydroxylation is 2. The lowest BCUT2D eigenvalue weighted by molar-refractivity contribution is 0.0936. The minimum absolute atomic E-state index is 0.228. The molecule has 1 heterocycles. The number of hydrogen-bond acceptors (Lipinski definition) is 4. The quantitative estimate of drug-likeness (QED) is 0.478. The molecule has 2 aromatic carbocycles. The highest BCUT2D eigenvalue weighted by molar-refractivity contribution is 6.33. The summed E-state index contributed by atoms with van der Waals surface area (Å²) in [4.78, 5) is 40.7. The number of fused-ring (bicyclic) bond motifs is 1. The average Bonchev–Trinajstić information content (AvgIpc) is 3.06. The number of rotatable bonds is 4. The molecule has 156 valence electrons. The van der Waals surface area contributed by atoms with Gasteiger partial charge >= 0.3 is 6.03 Å². The number of amides is 4. The summed E-state index contributed by atoms with van der Waals surface area (Å²) in [5.41, 5.74) is 7.13. The normalized spacial score (nSPS) is 10.5. The van der Waals surface area contributed by atoms with E-state index in [9.17, 15) is 14.4 Å². The summed E-state index contributed by atoms with van der Waals surface area (Å²) in [6, 6.07) is 8.88. The van der Waals surface area contributed by atoms with Gasteiger partial charge < -0.3 is 15.2 Å². The van der Waals surface area contributed by atoms with Crippen molar-refractivity contribution in [3.05, 3.63) is 58.4 Å². The molecule has 4 amide bonds. The highest BCUT2D eigenvalue weighted by Crippen LogP contribution is 2.23. The Morgan fingerprint density at radius 1 is 1.03 bits per heavy atom. The van der Waals surface area contributed by atoms with Crippen LogP contribution in [0.25, 0.3) is 11.0 Å². The topological polar surface area (TPSA) is 117 Å². The highest BCUT2D eigenvalue weighted by Gasteiger charge is 2.13. The van der Waals surface area contributed by atoms with Crippen LogP contribution >= 0.6 is 11.6 Å². The molecule has 0 fully saturated rings. The lowest BCUT2D eigenvalue weighted by atomic mass is 10.2. The van der Waals surface area contributed by atoms with Crippen LogP contribution in [0, 0.1) is 6.92 Å². The number of aromatic nitrogens is 2. The summed E-state index contributed by atoms with van der Waals surface area (Å²) in [5, 5.41) is 5.23. The molecule has 0 unspecified atom stereocenters. The van der Waals surface area contributed by atoms with Crippen molar-refractivity contribution < 1.29 is 14.4 Å². The van der Waals surface area contributed by atoms with Gasteiger partial charge in [-0.05, 0) is 50.2 Å². The van der Waals surface area contributed by atoms with Gasteiger partial charge in [0.15, 0.2) is 0 Å². The smallest absolute Gasteiger partial charge is 0.337 e. The minimum Gasteiger partial charge on any atom is -0.355 e. The van der Waals surface area contributed by atoms with Crippen LogP contribution in [0.1, 0.15) is 33.5 Å². The number of halogens is 1. The monoisotopic (exact) mass is 428 g/mol. The molecule has 1 aromatic heterocycles. The van der Waals surface area contributed by atoms with E-state index in [1.165, 1.54) is 25.2 Å². The number of anilines is 1. The zero-order valence-electron chi connectivity index (χ0n) is 16.7. The van der Waals surface area contributed by atoms with Crippen molar-refractivity contribution in [2.75, 3.05) is 12.4 Å². The number of hydrogen-bond donors (Lipinski definition) is 4. The number of hydrazine groups is 1. The van der Waals surface area contributed by atoms with E-state index in [1.54, 1.807) is 12.1 Å². The minimum atomic E-state index is -0.716. The Bertz CT molecular complexity index is 1140. The van der Waals surface area contributed by atoms with E-state index in [0.717, 1.165) is 17.9 Å². The zero-order valence-corrected chi connectivity index (χ0v) is 17.4. The Morgan fingerprint density at radius 2 is 1.73 bits per heavy atom. The number of benzene rings is 2. The molecule has 0 aliphatic rings. The molecule has 0 saturated carbocycles. The molecule has 4 N–H and O–H groups in total. The van der Waals surface area contributed by atoms with Crippen LogP contribution in [0.5, 0.6) is 0 Å². The lowest BCUT2D eigenvalue weighted by Crippen LogP contribution is -2.44. The molecule has 9 nitrogen and oxygen atoms in total. The van der Waals surface area contributed by atoms with Gasteiger partial charge in [-0.2, -0.15) is 0 Å². The van der Waals surface area contributed by atoms with Crippen molar-refractivity contribution in [1.29, 1.82) is 0 Å². The van der Waals surface area contributed by atoms with Gasteiger partial charge in [0.1, 0.15) is 5.82 Å². The molecule has 0 atom stereocenters. The second-order valence-electron chi connectivity index (χ2n) is 6.41. The van der Waals surface area contributed by atoms with Crippen molar-refractivity contribution in [3.8, 4) is 0 Å². The van der Waals surface area contributed by atoms with E-state index in [4.69, 9.17) is 11.6 Å². The van der Waals surface area contributed by atoms with Crippen LogP contribution in [0.4, 0.5) is 10.5 Å². The van der Waals surface area contributed by atoms with E-state index in [2.05, 4.69) is 26.5 Å². The number of carbonyl (C=O) groups is 3. The van der Waals surface area contributed by atoms with Gasteiger partial charge in [-0.3, -0.25) is 15.0 Å². The van der Waals surface area contributed by atoms with Crippen molar-refractivity contribution >= 4 is 46.2 Å². The molecule has 0 spiro atoms. The van der Waals surface area contributed by atoms with Crippen molar-refractivity contribution in [2.24, 2.45) is 0 Å². The zero-order chi connectivity index (χ0) is 21.8. The van der Waals surface area contributed by atoms with E-state index in [-0.39, 0.29) is 16.6 Å². The SMILES string of the molecule is CCn1c(C)nc2cc(C(=O)NNC(=O)Nc3cc(C(=O)NC)ccc3Cl)ccc21. The third kappa shape index (κ3) is 4.36. The molecule has 3 rings (SSSR count). The summed E-state index contributed by atoms with van der Waals surface area (Å²) in [5.74, 6) is 0.0407. The predicted octanol–water partition coefficient (Wildman–Crippen LogP) is 2.84. The van der Waals surface area contributed by atoms with Gasteiger partial charge in [-0.25, -0.2) is 15.2 Å². The second-order valence-corrected chi connectivity index (χ2v) is 6.82. The first-order chi connectivity index (χ1) is 14.3. The maximum absolute atomic E-state index is 12.4. The number of urea groups is 1. The summed E-state index contributed by atoms with van der Waals surface area (Å²) < 4.78 is 2.04. The fourth-order valence-electron chi connectivity index (χ4n) is 3.04. The van der Waals surface area contributed by atoms with E-state index < -0.39 is 11.9 Å². The Hall–Kier alpha value is -3.59. The first-order valence-electron chi connectivity index (χ1n) is 9.20. The van der Waals surface area contributed by atoms with Crippen LogP contribution in [-0.4, -0.2) is 34.4 Å². The third-order valence-corrected chi connectivity index (χ3v) is 4.84. The van der Waals surface area contributed by atoms with Gasteiger partial charge in [0, 0.05) is 24.7 Å². The third-order valence-electron chi connectivity index (χ3n) is 4.51. The largest absolute Gasteiger partial charge is 0.355 e. The first kappa shape index (κ1) is 21.1. The molecular formula is C20H21ClN6O3. The van der Waals surface area contributed by atoms with Gasteiger partial charge in [0.2, 0.25) is 0 Å². The summed E-state index contributed by atoms with van der Waals surface area (Å²) in [6.07, 6.45) is 0. The van der Waals surface area contributed by atoms with Gasteiger partial charge in [-0.1, -0.05) is 11.6 Å². The highest BCUT2D eigenvalue weighted by atomic mass is 35.5. The van der Waals surface area contributed by atoms with Crippen LogP contribution in [0.2, 0.25) is 5.02 Å². The molecule has 0 aliphatic heterocycles. The summed E-state index contributed by atoms with van der Waals surface area (Å²) >= 11 is 6.06. The van der Waals surface area contributed by atoms with Crippen molar-refractivity contribution in [3.63, 3.8) is 0 Å². The van der Waals surface area contributed by atoms with Gasteiger partial charge in [0.25, 0.3) is 11.8 Å². The number of imidazole rings is 1. The molecular weight excluding hydrogens is 408 g/mol. The Morgan fingerprint density at radius 3 is 2.43 bits per heavy atom. The van der Waals surface area contributed by atoms with E-state index in [1.807, 2.05) is 24.5 Å². The van der Waals surface area contributed by atoms with Crippen molar-refractivity contribution in [2.45, 2.75) is 20.4 Å². The van der Waals surface area contributed by atoms with Crippen LogP contribution in [0.3, 0.4) is 0 Å². The predicted molar refractivity (Wildman–Crippen MR) is 115 cm³/mol. The number of nitrogens with zero attached hydrogens (tertiary/aromatic N) is 2. The Labute approximate surface area is 177 Å². The van der Waals surface area contributed by atoms with Crippen LogP contribution < -0.4 is 21.5 Å². The van der Waals surface area contributed by atoms with Gasteiger partial charge in [-0.15, -0.1) is 0 Å². The van der Waals surface area contributed by atoms with E-state index >= 15 is 0 Å². The Kier molecular flexibility index (Phi) is 6.22. The molecule has 3 aromatic rings. The van der Waals surface area contributed by atoms with Crippen LogP contribution in [-0.2, 0) is 6.54 Å². The van der Waals surface area contributed by atoms with Crippen LogP contribution in [0.15, 0.2) is 36.4 Å². The molecule has 0 aliphatic carbocycles. The summed E-state index contributed by atoms with van der Waals surface area (Å²) in [7, 11) is 1.50. The average molecular weight is 429 g/mol. The first-order valence-corrected chi connectivity index (χ1v) is 9.57. The molecule has 0 bridgehead atoms. The second kappa shape index (κ2) is 8.83. The van der Waals surface area contributed by atoms with E-state index in [0.29, 0.717) is 16.6 Å². The lowest BCUT2D eigenvalue weighted by Gasteiger charge is -2.11. The maximum Gasteiger partial charge on any atom is 0.337 e. The maximum atomic E-state index is 12.4. The standard InChI is InChI=1S/C20H21ClN6O3/c1-4-27-11(2)23-16-10-13(6-8-17(16)27)19(29)25-26-20(30)24-15-9-12(18(28)22-3)5-7-14(15)21/h5-10H,4H2,1-3H3,(H,22,28)(H,25,29)(H2,24,26,30). The fraction of sp³-hybridized carbons (Fsp3) is 0.200. The molecule has 0 radical (unpaired) electrons. The Balaban J connectivity index is 1.65. The fourth-order valence-corrected chi connectivity index (χ4v) is 3.20. The summed E-state index contributed by atoms with van der Waals surface area (Å²) in [6.45, 7) is 4.70. The number of carbonyl (C=O) groups excluding carboxylic acids is 3.